The fourth-order valence-corrected chi connectivity index (χ4v) is 13.7. The van der Waals surface area contributed by atoms with Gasteiger partial charge in [0.05, 0.1) is 16.1 Å². The minimum atomic E-state index is -1.41. The van der Waals surface area contributed by atoms with Crippen LogP contribution in [0.15, 0.2) is 12.1 Å². The van der Waals surface area contributed by atoms with Crippen molar-refractivity contribution in [1.82, 2.24) is 0 Å². The smallest absolute Gasteiger partial charge is 0.0904 e. The Morgan fingerprint density at radius 2 is 0.804 bits per heavy atom. The molecule has 46 heavy (non-hydrogen) atoms. The molecule has 0 nitrogen and oxygen atoms in total. The van der Waals surface area contributed by atoms with E-state index in [-0.39, 0.29) is 0 Å². The monoisotopic (exact) mass is 698 g/mol. The van der Waals surface area contributed by atoms with Crippen molar-refractivity contribution in [3.8, 4) is 0 Å². The molecule has 2 heterocycles. The van der Waals surface area contributed by atoms with Crippen molar-refractivity contribution in [1.29, 1.82) is 0 Å². The molecule has 3 aromatic rings. The molecule has 1 aromatic carbocycles. The molecule has 4 heteroatoms. The van der Waals surface area contributed by atoms with Gasteiger partial charge in [0.25, 0.3) is 0 Å². The Morgan fingerprint density at radius 3 is 1.13 bits per heavy atom. The lowest BCUT2D eigenvalue weighted by atomic mass is 9.87. The largest absolute Gasteiger partial charge is 0.145 e. The minimum absolute atomic E-state index is 0.889. The third-order valence-corrected chi connectivity index (χ3v) is 20.2. The summed E-state index contributed by atoms with van der Waals surface area (Å²) in [5.74, 6) is 1.78. The Balaban J connectivity index is 2.08. The van der Waals surface area contributed by atoms with Gasteiger partial charge in [0, 0.05) is 9.40 Å². The van der Waals surface area contributed by atoms with Crippen LogP contribution < -0.4 is 9.00 Å². The minimum Gasteiger partial charge on any atom is -0.145 e. The summed E-state index contributed by atoms with van der Waals surface area (Å²) in [7, 11) is -2.81. The lowest BCUT2D eigenvalue weighted by molar-refractivity contribution is 0.388. The van der Waals surface area contributed by atoms with Crippen molar-refractivity contribution in [3.63, 3.8) is 0 Å². The number of fused-ring (bicyclic) bond motifs is 2. The molecule has 0 aliphatic carbocycles. The van der Waals surface area contributed by atoms with Gasteiger partial charge in [0.2, 0.25) is 0 Å². The average molecular weight is 699 g/mol. The Morgan fingerprint density at radius 1 is 0.457 bits per heavy atom. The van der Waals surface area contributed by atoms with Gasteiger partial charge in [-0.15, -0.1) is 22.7 Å². The molecule has 0 spiro atoms. The van der Waals surface area contributed by atoms with Crippen molar-refractivity contribution in [2.24, 2.45) is 11.8 Å². The van der Waals surface area contributed by atoms with Crippen LogP contribution in [-0.2, 0) is 12.8 Å². The van der Waals surface area contributed by atoms with Crippen molar-refractivity contribution in [2.45, 2.75) is 195 Å². The molecule has 2 atom stereocenters. The lowest BCUT2D eigenvalue weighted by Crippen LogP contribution is -2.34. The fourth-order valence-electron chi connectivity index (χ4n) is 7.43. The molecule has 3 rings (SSSR count). The Hall–Kier alpha value is -0.426. The van der Waals surface area contributed by atoms with Crippen molar-refractivity contribution >= 4 is 68.0 Å². The van der Waals surface area contributed by atoms with E-state index in [1.54, 1.807) is 40.3 Å². The fraction of sp³-hybridized carbons (Fsp3) is 0.762. The van der Waals surface area contributed by atoms with Crippen LogP contribution in [0.1, 0.15) is 154 Å². The van der Waals surface area contributed by atoms with Crippen molar-refractivity contribution in [2.75, 3.05) is 0 Å². The van der Waals surface area contributed by atoms with Crippen LogP contribution in [0.4, 0.5) is 0 Å². The maximum atomic E-state index is 2.72. The summed E-state index contributed by atoms with van der Waals surface area (Å²) in [5, 5.41) is 3.34. The molecule has 0 aliphatic rings. The second-order valence-corrected chi connectivity index (χ2v) is 29.9. The van der Waals surface area contributed by atoms with E-state index in [0.29, 0.717) is 0 Å². The molecular weight excluding hydrogens is 625 g/mol. The summed E-state index contributed by atoms with van der Waals surface area (Å²) < 4.78 is 6.82. The SMILES string of the molecule is CCCCCCC(CCCC)CCc1c2cc([Si](C)(C)C)sc2c(CCC(CCCC)CCCCCC)c2cc([Si](C)(C)C)sc12. The van der Waals surface area contributed by atoms with E-state index in [0.717, 1.165) is 11.8 Å². The molecule has 2 unspecified atom stereocenters. The van der Waals surface area contributed by atoms with Gasteiger partial charge < -0.3 is 0 Å². The zero-order valence-electron chi connectivity index (χ0n) is 32.3. The van der Waals surface area contributed by atoms with E-state index < -0.39 is 16.1 Å². The third-order valence-electron chi connectivity index (χ3n) is 10.6. The first kappa shape index (κ1) is 40.0. The Bertz CT molecular complexity index is 1130. The van der Waals surface area contributed by atoms with Crippen LogP contribution in [0, 0.1) is 11.8 Å². The maximum absolute atomic E-state index is 2.72. The number of hydrogen-bond donors (Lipinski definition) is 0. The highest BCUT2D eigenvalue weighted by molar-refractivity contribution is 7.33. The summed E-state index contributed by atoms with van der Waals surface area (Å²) in [4.78, 5) is 0. The summed E-state index contributed by atoms with van der Waals surface area (Å²) >= 11 is 4.43. The standard InChI is InChI=1S/C42H74S2Si2/c1-11-15-19-21-25-33(23-17-13-3)27-29-35-37-31-39(45(5,6)7)44-42(37)36(38-32-40(43-41(35)38)46(8,9)10)30-28-34(24-18-14-4)26-22-20-16-12-2/h31-34H,11-30H2,1-10H3. The molecule has 2 aromatic heterocycles. The van der Waals surface area contributed by atoms with E-state index >= 15 is 0 Å². The number of hydrogen-bond acceptors (Lipinski definition) is 2. The highest BCUT2D eigenvalue weighted by Crippen LogP contribution is 2.41. The lowest BCUT2D eigenvalue weighted by Gasteiger charge is -2.19. The van der Waals surface area contributed by atoms with Crippen molar-refractivity contribution < 1.29 is 0 Å². The van der Waals surface area contributed by atoms with Crippen LogP contribution >= 0.6 is 22.7 Å². The van der Waals surface area contributed by atoms with Crippen LogP contribution in [0.2, 0.25) is 39.3 Å². The third kappa shape index (κ3) is 11.9. The summed E-state index contributed by atoms with van der Waals surface area (Å²) in [6.45, 7) is 24.8. The molecule has 262 valence electrons. The highest BCUT2D eigenvalue weighted by atomic mass is 32.1. The zero-order valence-corrected chi connectivity index (χ0v) is 35.9. The Labute approximate surface area is 297 Å². The highest BCUT2D eigenvalue weighted by Gasteiger charge is 2.27. The summed E-state index contributed by atoms with van der Waals surface area (Å²) in [6.07, 6.45) is 27.7. The van der Waals surface area contributed by atoms with Gasteiger partial charge in [-0.2, -0.15) is 0 Å². The molecule has 0 bridgehead atoms. The molecule has 0 saturated heterocycles. The zero-order chi connectivity index (χ0) is 33.7. The summed E-state index contributed by atoms with van der Waals surface area (Å²) in [5.41, 5.74) is 3.47. The van der Waals surface area contributed by atoms with Gasteiger partial charge in [0.1, 0.15) is 0 Å². The second kappa shape index (κ2) is 19.7. The molecular formula is C42H74S2Si2. The second-order valence-electron chi connectivity index (χ2n) is 17.0. The van der Waals surface area contributed by atoms with Gasteiger partial charge in [-0.25, -0.2) is 0 Å². The van der Waals surface area contributed by atoms with E-state index in [4.69, 9.17) is 0 Å². The predicted octanol–water partition coefficient (Wildman–Crippen LogP) is 14.6. The van der Waals surface area contributed by atoms with E-state index in [1.165, 1.54) is 128 Å². The van der Waals surface area contributed by atoms with E-state index in [2.05, 4.69) is 102 Å². The molecule has 0 radical (unpaired) electrons. The first-order valence-corrected chi connectivity index (χ1v) is 28.6. The van der Waals surface area contributed by atoms with Gasteiger partial charge >= 0.3 is 0 Å². The van der Waals surface area contributed by atoms with Gasteiger partial charge in [-0.3, -0.25) is 0 Å². The predicted molar refractivity (Wildman–Crippen MR) is 223 cm³/mol. The van der Waals surface area contributed by atoms with Gasteiger partial charge in [-0.05, 0) is 80.6 Å². The number of thiophene rings is 2. The number of unbranched alkanes of at least 4 members (excludes halogenated alkanes) is 8. The number of benzene rings is 1. The topological polar surface area (TPSA) is 0 Å². The molecule has 0 aliphatic heterocycles. The maximum Gasteiger partial charge on any atom is 0.0904 e. The van der Waals surface area contributed by atoms with Gasteiger partial charge in [0.15, 0.2) is 0 Å². The van der Waals surface area contributed by atoms with Crippen LogP contribution in [-0.4, -0.2) is 16.1 Å². The number of rotatable bonds is 24. The molecule has 0 amide bonds. The van der Waals surface area contributed by atoms with Crippen LogP contribution in [0.3, 0.4) is 0 Å². The molecule has 0 fully saturated rings. The van der Waals surface area contributed by atoms with Crippen LogP contribution in [0.25, 0.3) is 20.2 Å². The number of aryl methyl sites for hydroxylation is 2. The quantitative estimate of drug-likeness (QED) is 0.0645. The van der Waals surface area contributed by atoms with E-state index in [9.17, 15) is 0 Å². The Kier molecular flexibility index (Phi) is 17.1. The normalized spacial score (nSPS) is 14.1. The molecule has 0 N–H and O–H groups in total. The average Bonchev–Trinajstić information content (AvgIpc) is 3.65. The van der Waals surface area contributed by atoms with Gasteiger partial charge in [-0.1, -0.05) is 170 Å². The van der Waals surface area contributed by atoms with Crippen LogP contribution in [0.5, 0.6) is 0 Å². The van der Waals surface area contributed by atoms with E-state index in [1.807, 2.05) is 0 Å². The molecule has 0 saturated carbocycles. The van der Waals surface area contributed by atoms with Crippen molar-refractivity contribution in [3.05, 3.63) is 23.3 Å². The first-order valence-electron chi connectivity index (χ1n) is 20.0. The summed E-state index contributed by atoms with van der Waals surface area (Å²) in [6, 6.07) is 5.44. The first-order chi connectivity index (χ1) is 21.9.